The fourth-order valence-corrected chi connectivity index (χ4v) is 3.07. The molecule has 0 aliphatic carbocycles. The van der Waals surface area contributed by atoms with E-state index in [1.165, 1.54) is 0 Å². The predicted octanol–water partition coefficient (Wildman–Crippen LogP) is 0.394. The third-order valence-electron chi connectivity index (χ3n) is 2.96. The third kappa shape index (κ3) is 3.01. The molecule has 0 amide bonds. The molecule has 1 aromatic carbocycles. The topological polar surface area (TPSA) is 61.4 Å². The van der Waals surface area contributed by atoms with Crippen molar-refractivity contribution in [2.75, 3.05) is 37.6 Å². The van der Waals surface area contributed by atoms with Crippen molar-refractivity contribution in [2.24, 2.45) is 0 Å². The summed E-state index contributed by atoms with van der Waals surface area (Å²) in [6.45, 7) is 6.03. The summed E-state index contributed by atoms with van der Waals surface area (Å²) in [4.78, 5) is 2.57. The number of nitrogens with zero attached hydrogens (tertiary/aromatic N) is 1. The van der Waals surface area contributed by atoms with Gasteiger partial charge in [0.2, 0.25) is 10.0 Å². The molecule has 0 aromatic heterocycles. The van der Waals surface area contributed by atoms with Gasteiger partial charge in [0, 0.05) is 38.4 Å². The molecule has 1 saturated heterocycles. The van der Waals surface area contributed by atoms with Crippen molar-refractivity contribution < 1.29 is 8.42 Å². The lowest BCUT2D eigenvalue weighted by Gasteiger charge is -2.29. The predicted molar refractivity (Wildman–Crippen MR) is 72.4 cm³/mol. The van der Waals surface area contributed by atoms with Crippen molar-refractivity contribution in [3.63, 3.8) is 0 Å². The van der Waals surface area contributed by atoms with Gasteiger partial charge in [-0.15, -0.1) is 0 Å². The minimum Gasteiger partial charge on any atom is -0.369 e. The van der Waals surface area contributed by atoms with Crippen molar-refractivity contribution in [1.29, 1.82) is 0 Å². The van der Waals surface area contributed by atoms with Crippen LogP contribution in [0.4, 0.5) is 5.69 Å². The van der Waals surface area contributed by atoms with Crippen molar-refractivity contribution in [3.8, 4) is 0 Å². The first-order valence-electron chi connectivity index (χ1n) is 6.19. The Bertz CT molecular complexity index is 479. The molecule has 1 aliphatic rings. The minimum atomic E-state index is -3.34. The second-order valence-electron chi connectivity index (χ2n) is 4.23. The van der Waals surface area contributed by atoms with E-state index >= 15 is 0 Å². The average Bonchev–Trinajstić information content (AvgIpc) is 2.40. The highest BCUT2D eigenvalue weighted by Crippen LogP contribution is 2.18. The lowest BCUT2D eigenvalue weighted by Crippen LogP contribution is -2.43. The van der Waals surface area contributed by atoms with Crippen LogP contribution in [0, 0.1) is 0 Å². The quantitative estimate of drug-likeness (QED) is 0.830. The van der Waals surface area contributed by atoms with E-state index in [-0.39, 0.29) is 0 Å². The minimum absolute atomic E-state index is 0.322. The summed E-state index contributed by atoms with van der Waals surface area (Å²) >= 11 is 0. The molecule has 0 atom stereocenters. The first-order valence-corrected chi connectivity index (χ1v) is 7.67. The molecule has 2 N–H and O–H groups in total. The number of rotatable bonds is 4. The van der Waals surface area contributed by atoms with Crippen LogP contribution in [0.5, 0.6) is 0 Å². The van der Waals surface area contributed by atoms with Gasteiger partial charge in [-0.05, 0) is 24.3 Å². The molecule has 1 aliphatic heterocycles. The van der Waals surface area contributed by atoms with Gasteiger partial charge in [-0.25, -0.2) is 13.1 Å². The molecule has 100 valence electrons. The van der Waals surface area contributed by atoms with E-state index in [0.717, 1.165) is 31.9 Å². The molecule has 0 radical (unpaired) electrons. The Balaban J connectivity index is 2.14. The Hall–Kier alpha value is -1.11. The standard InChI is InChI=1S/C12H19N3O2S/c1-2-14-18(16,17)12-5-3-11(4-6-12)15-9-7-13-8-10-15/h3-6,13-14H,2,7-10H2,1H3. The van der Waals surface area contributed by atoms with Crippen LogP contribution >= 0.6 is 0 Å². The molecule has 0 bridgehead atoms. The molecule has 0 saturated carbocycles. The molecular weight excluding hydrogens is 250 g/mol. The van der Waals surface area contributed by atoms with Crippen LogP contribution < -0.4 is 14.9 Å². The zero-order valence-corrected chi connectivity index (χ0v) is 11.3. The van der Waals surface area contributed by atoms with Gasteiger partial charge in [-0.2, -0.15) is 0 Å². The highest BCUT2D eigenvalue weighted by atomic mass is 32.2. The van der Waals surface area contributed by atoms with E-state index in [2.05, 4.69) is 14.9 Å². The molecule has 0 spiro atoms. The molecular formula is C12H19N3O2S. The number of anilines is 1. The maximum atomic E-state index is 11.8. The second kappa shape index (κ2) is 5.69. The van der Waals surface area contributed by atoms with Crippen LogP contribution in [-0.4, -0.2) is 41.1 Å². The summed E-state index contributed by atoms with van der Waals surface area (Å²) in [5, 5.41) is 3.29. The number of hydrogen-bond donors (Lipinski definition) is 2. The van der Waals surface area contributed by atoms with Crippen LogP contribution in [0.3, 0.4) is 0 Å². The van der Waals surface area contributed by atoms with Gasteiger partial charge < -0.3 is 10.2 Å². The van der Waals surface area contributed by atoms with Gasteiger partial charge in [0.1, 0.15) is 0 Å². The first-order chi connectivity index (χ1) is 8.63. The lowest BCUT2D eigenvalue weighted by molar-refractivity contribution is 0.583. The van der Waals surface area contributed by atoms with E-state index in [4.69, 9.17) is 0 Å². The molecule has 1 heterocycles. The second-order valence-corrected chi connectivity index (χ2v) is 6.00. The Morgan fingerprint density at radius 2 is 1.83 bits per heavy atom. The first kappa shape index (κ1) is 13.3. The van der Waals surface area contributed by atoms with Gasteiger partial charge in [0.05, 0.1) is 4.90 Å². The number of hydrogen-bond acceptors (Lipinski definition) is 4. The molecule has 6 heteroatoms. The highest BCUT2D eigenvalue weighted by molar-refractivity contribution is 7.89. The van der Waals surface area contributed by atoms with E-state index < -0.39 is 10.0 Å². The monoisotopic (exact) mass is 269 g/mol. The zero-order valence-electron chi connectivity index (χ0n) is 10.5. The number of nitrogens with one attached hydrogen (secondary N) is 2. The third-order valence-corrected chi connectivity index (χ3v) is 4.53. The molecule has 1 aromatic rings. The summed E-state index contributed by atoms with van der Waals surface area (Å²) in [6, 6.07) is 7.07. The Morgan fingerprint density at radius 1 is 1.22 bits per heavy atom. The molecule has 5 nitrogen and oxygen atoms in total. The van der Waals surface area contributed by atoms with Gasteiger partial charge >= 0.3 is 0 Å². The van der Waals surface area contributed by atoms with Gasteiger partial charge in [-0.3, -0.25) is 0 Å². The van der Waals surface area contributed by atoms with Crippen molar-refractivity contribution in [2.45, 2.75) is 11.8 Å². The summed E-state index contributed by atoms with van der Waals surface area (Å²) in [5.74, 6) is 0. The van der Waals surface area contributed by atoms with E-state index in [9.17, 15) is 8.42 Å². The lowest BCUT2D eigenvalue weighted by atomic mass is 10.2. The van der Waals surface area contributed by atoms with E-state index in [1.54, 1.807) is 19.1 Å². The Labute approximate surface area is 108 Å². The summed E-state index contributed by atoms with van der Waals surface area (Å²) in [6.07, 6.45) is 0. The smallest absolute Gasteiger partial charge is 0.240 e. The number of sulfonamides is 1. The van der Waals surface area contributed by atoms with Crippen molar-refractivity contribution in [3.05, 3.63) is 24.3 Å². The maximum absolute atomic E-state index is 11.8. The molecule has 18 heavy (non-hydrogen) atoms. The molecule has 2 rings (SSSR count). The van der Waals surface area contributed by atoms with Crippen molar-refractivity contribution in [1.82, 2.24) is 10.0 Å². The van der Waals surface area contributed by atoms with Crippen LogP contribution in [0.1, 0.15) is 6.92 Å². The largest absolute Gasteiger partial charge is 0.369 e. The van der Waals surface area contributed by atoms with Gasteiger partial charge in [0.25, 0.3) is 0 Å². The highest BCUT2D eigenvalue weighted by Gasteiger charge is 2.14. The number of piperazine rings is 1. The van der Waals surface area contributed by atoms with Crippen LogP contribution in [-0.2, 0) is 10.0 Å². The average molecular weight is 269 g/mol. The van der Waals surface area contributed by atoms with E-state index in [1.807, 2.05) is 12.1 Å². The van der Waals surface area contributed by atoms with E-state index in [0.29, 0.717) is 11.4 Å². The maximum Gasteiger partial charge on any atom is 0.240 e. The summed E-state index contributed by atoms with van der Waals surface area (Å²) in [7, 11) is -3.34. The summed E-state index contributed by atoms with van der Waals surface area (Å²) in [5.41, 5.74) is 1.08. The van der Waals surface area contributed by atoms with Crippen LogP contribution in [0.15, 0.2) is 29.2 Å². The Kier molecular flexibility index (Phi) is 4.21. The summed E-state index contributed by atoms with van der Waals surface area (Å²) < 4.78 is 26.1. The normalized spacial score (nSPS) is 16.8. The van der Waals surface area contributed by atoms with Crippen LogP contribution in [0.25, 0.3) is 0 Å². The fourth-order valence-electron chi connectivity index (χ4n) is 2.03. The van der Waals surface area contributed by atoms with Gasteiger partial charge in [-0.1, -0.05) is 6.92 Å². The van der Waals surface area contributed by atoms with Crippen molar-refractivity contribution >= 4 is 15.7 Å². The SMILES string of the molecule is CCNS(=O)(=O)c1ccc(N2CCNCC2)cc1. The Morgan fingerprint density at radius 3 is 2.39 bits per heavy atom. The number of benzene rings is 1. The molecule has 0 unspecified atom stereocenters. The molecule has 1 fully saturated rings. The fraction of sp³-hybridized carbons (Fsp3) is 0.500. The zero-order chi connectivity index (χ0) is 13.0. The van der Waals surface area contributed by atoms with Crippen LogP contribution in [0.2, 0.25) is 0 Å². The van der Waals surface area contributed by atoms with Gasteiger partial charge in [0.15, 0.2) is 0 Å².